The van der Waals surface area contributed by atoms with E-state index in [0.717, 1.165) is 22.3 Å². The van der Waals surface area contributed by atoms with E-state index in [4.69, 9.17) is 5.73 Å². The van der Waals surface area contributed by atoms with Crippen molar-refractivity contribution in [2.45, 2.75) is 32.2 Å². The van der Waals surface area contributed by atoms with Crippen LogP contribution in [-0.2, 0) is 6.61 Å². The summed E-state index contributed by atoms with van der Waals surface area (Å²) in [6.45, 7) is 1.85. The quantitative estimate of drug-likeness (QED) is 0.893. The van der Waals surface area contributed by atoms with E-state index in [2.05, 4.69) is 0 Å². The van der Waals surface area contributed by atoms with Gasteiger partial charge < -0.3 is 10.8 Å². The molecule has 0 saturated heterocycles. The van der Waals surface area contributed by atoms with E-state index in [1.165, 1.54) is 0 Å². The molecule has 118 valence electrons. The first-order chi connectivity index (χ1) is 10.3. The molecule has 2 aromatic carbocycles. The van der Waals surface area contributed by atoms with Crippen molar-refractivity contribution >= 4 is 0 Å². The molecule has 0 bridgehead atoms. The van der Waals surface area contributed by atoms with Gasteiger partial charge in [-0.2, -0.15) is 13.2 Å². The minimum Gasteiger partial charge on any atom is -0.392 e. The van der Waals surface area contributed by atoms with Gasteiger partial charge in [-0.05, 0) is 29.2 Å². The van der Waals surface area contributed by atoms with Crippen molar-refractivity contribution in [3.63, 3.8) is 0 Å². The van der Waals surface area contributed by atoms with Gasteiger partial charge in [-0.3, -0.25) is 0 Å². The number of hydrogen-bond donors (Lipinski definition) is 2. The lowest BCUT2D eigenvalue weighted by atomic mass is 9.95. The summed E-state index contributed by atoms with van der Waals surface area (Å²) < 4.78 is 37.1. The molecule has 0 unspecified atom stereocenters. The van der Waals surface area contributed by atoms with Crippen LogP contribution in [0.5, 0.6) is 0 Å². The van der Waals surface area contributed by atoms with E-state index >= 15 is 0 Å². The van der Waals surface area contributed by atoms with E-state index in [-0.39, 0.29) is 6.61 Å². The fourth-order valence-electron chi connectivity index (χ4n) is 2.37. The van der Waals surface area contributed by atoms with E-state index in [9.17, 15) is 18.3 Å². The fourth-order valence-corrected chi connectivity index (χ4v) is 2.37. The first-order valence-corrected chi connectivity index (χ1v) is 6.93. The van der Waals surface area contributed by atoms with Crippen molar-refractivity contribution in [3.8, 4) is 11.1 Å². The molecular formula is C17H18F3NO. The maximum Gasteiger partial charge on any atom is 0.390 e. The van der Waals surface area contributed by atoms with Crippen molar-refractivity contribution in [2.24, 2.45) is 5.73 Å². The maximum atomic E-state index is 12.4. The van der Waals surface area contributed by atoms with Crippen LogP contribution >= 0.6 is 0 Å². The largest absolute Gasteiger partial charge is 0.392 e. The lowest BCUT2D eigenvalue weighted by molar-refractivity contribution is -0.138. The Morgan fingerprint density at radius 2 is 1.73 bits per heavy atom. The maximum absolute atomic E-state index is 12.4. The zero-order chi connectivity index (χ0) is 16.3. The van der Waals surface area contributed by atoms with Crippen molar-refractivity contribution < 1.29 is 18.3 Å². The summed E-state index contributed by atoms with van der Waals surface area (Å²) in [6, 6.07) is 11.3. The van der Waals surface area contributed by atoms with Crippen molar-refractivity contribution in [1.29, 1.82) is 0 Å². The summed E-state index contributed by atoms with van der Waals surface area (Å²) in [5, 5.41) is 9.40. The molecular weight excluding hydrogens is 291 g/mol. The zero-order valence-corrected chi connectivity index (χ0v) is 12.2. The van der Waals surface area contributed by atoms with Crippen molar-refractivity contribution in [3.05, 3.63) is 59.2 Å². The molecule has 0 spiro atoms. The van der Waals surface area contributed by atoms with Crippen LogP contribution in [0.3, 0.4) is 0 Å². The first-order valence-electron chi connectivity index (χ1n) is 6.93. The second-order valence-electron chi connectivity index (χ2n) is 5.37. The predicted molar refractivity (Wildman–Crippen MR) is 80.1 cm³/mol. The summed E-state index contributed by atoms with van der Waals surface area (Å²) in [5.74, 6) is 0. The summed E-state index contributed by atoms with van der Waals surface area (Å²) in [4.78, 5) is 0. The van der Waals surface area contributed by atoms with Crippen LogP contribution in [0.4, 0.5) is 13.2 Å². The SMILES string of the molecule is Cc1ccc(CO)c(-c2ccc([C@H](N)CC(F)(F)F)cc2)c1. The molecule has 0 fully saturated rings. The fraction of sp³-hybridized carbons (Fsp3) is 0.294. The number of nitrogens with two attached hydrogens (primary N) is 1. The Balaban J connectivity index is 2.28. The molecule has 2 nitrogen and oxygen atoms in total. The second kappa shape index (κ2) is 6.50. The summed E-state index contributed by atoms with van der Waals surface area (Å²) in [5.41, 5.74) is 9.57. The highest BCUT2D eigenvalue weighted by Gasteiger charge is 2.30. The van der Waals surface area contributed by atoms with Gasteiger partial charge in [0.1, 0.15) is 0 Å². The molecule has 0 heterocycles. The van der Waals surface area contributed by atoms with E-state index in [1.807, 2.05) is 25.1 Å². The van der Waals surface area contributed by atoms with Crippen LogP contribution in [0.1, 0.15) is 29.2 Å². The Labute approximate surface area is 127 Å². The lowest BCUT2D eigenvalue weighted by Crippen LogP contribution is -2.20. The molecule has 0 aliphatic rings. The van der Waals surface area contributed by atoms with Crippen LogP contribution in [0, 0.1) is 6.92 Å². The Bertz CT molecular complexity index is 635. The molecule has 0 aromatic heterocycles. The van der Waals surface area contributed by atoms with Gasteiger partial charge in [0.05, 0.1) is 13.0 Å². The molecule has 0 aliphatic heterocycles. The van der Waals surface area contributed by atoms with Gasteiger partial charge in [-0.25, -0.2) is 0 Å². The molecule has 0 amide bonds. The molecule has 22 heavy (non-hydrogen) atoms. The number of benzene rings is 2. The average molecular weight is 309 g/mol. The number of alkyl halides is 3. The average Bonchev–Trinajstić information content (AvgIpc) is 2.45. The third-order valence-corrected chi connectivity index (χ3v) is 3.54. The van der Waals surface area contributed by atoms with Crippen LogP contribution in [-0.4, -0.2) is 11.3 Å². The van der Waals surface area contributed by atoms with Gasteiger partial charge in [0.25, 0.3) is 0 Å². The number of rotatable bonds is 4. The topological polar surface area (TPSA) is 46.2 Å². The Morgan fingerprint density at radius 3 is 2.27 bits per heavy atom. The van der Waals surface area contributed by atoms with Crippen LogP contribution in [0.25, 0.3) is 11.1 Å². The lowest BCUT2D eigenvalue weighted by Gasteiger charge is -2.15. The molecule has 2 rings (SSSR count). The number of halogens is 3. The minimum atomic E-state index is -4.28. The van der Waals surface area contributed by atoms with Crippen molar-refractivity contribution in [2.75, 3.05) is 0 Å². The highest BCUT2D eigenvalue weighted by atomic mass is 19.4. The monoisotopic (exact) mass is 309 g/mol. The zero-order valence-electron chi connectivity index (χ0n) is 12.2. The highest BCUT2D eigenvalue weighted by Crippen LogP contribution is 2.30. The molecule has 0 aliphatic carbocycles. The molecule has 1 atom stereocenters. The van der Waals surface area contributed by atoms with Gasteiger partial charge in [-0.1, -0.05) is 48.0 Å². The molecule has 5 heteroatoms. The van der Waals surface area contributed by atoms with Crippen LogP contribution in [0.2, 0.25) is 0 Å². The van der Waals surface area contributed by atoms with Gasteiger partial charge in [0, 0.05) is 6.04 Å². The molecule has 2 aromatic rings. The third-order valence-electron chi connectivity index (χ3n) is 3.54. The first kappa shape index (κ1) is 16.5. The van der Waals surface area contributed by atoms with E-state index < -0.39 is 18.6 Å². The molecule has 0 saturated carbocycles. The van der Waals surface area contributed by atoms with E-state index in [1.54, 1.807) is 24.3 Å². The minimum absolute atomic E-state index is 0.0923. The number of aliphatic hydroxyl groups is 1. The normalized spacial score (nSPS) is 13.2. The standard InChI is InChI=1S/C17H18F3NO/c1-11-2-3-14(10-22)15(8-11)12-4-6-13(7-5-12)16(21)9-17(18,19)20/h2-8,16,22H,9-10,21H2,1H3/t16-/m1/s1. The molecule has 3 N–H and O–H groups in total. The third kappa shape index (κ3) is 4.08. The van der Waals surface area contributed by atoms with Crippen LogP contribution in [0.15, 0.2) is 42.5 Å². The summed E-state index contributed by atoms with van der Waals surface area (Å²) in [6.07, 6.45) is -5.32. The smallest absolute Gasteiger partial charge is 0.390 e. The Hall–Kier alpha value is -1.85. The van der Waals surface area contributed by atoms with Crippen LogP contribution < -0.4 is 5.73 Å². The summed E-state index contributed by atoms with van der Waals surface area (Å²) >= 11 is 0. The second-order valence-corrected chi connectivity index (χ2v) is 5.37. The van der Waals surface area contributed by atoms with Gasteiger partial charge in [-0.15, -0.1) is 0 Å². The van der Waals surface area contributed by atoms with E-state index in [0.29, 0.717) is 5.56 Å². The highest BCUT2D eigenvalue weighted by molar-refractivity contribution is 5.68. The predicted octanol–water partition coefficient (Wildman–Crippen LogP) is 4.11. The molecule has 0 radical (unpaired) electrons. The van der Waals surface area contributed by atoms with Gasteiger partial charge >= 0.3 is 6.18 Å². The number of aliphatic hydroxyl groups excluding tert-OH is 1. The number of hydrogen-bond acceptors (Lipinski definition) is 2. The Morgan fingerprint density at radius 1 is 1.09 bits per heavy atom. The summed E-state index contributed by atoms with van der Waals surface area (Å²) in [7, 11) is 0. The van der Waals surface area contributed by atoms with Crippen molar-refractivity contribution in [1.82, 2.24) is 0 Å². The number of aryl methyl sites for hydroxylation is 1. The van der Waals surface area contributed by atoms with Gasteiger partial charge in [0.2, 0.25) is 0 Å². The van der Waals surface area contributed by atoms with Gasteiger partial charge in [0.15, 0.2) is 0 Å². The Kier molecular flexibility index (Phi) is 4.88.